The van der Waals surface area contributed by atoms with Crippen LogP contribution < -0.4 is 5.32 Å². The maximum absolute atomic E-state index is 3.81. The standard InChI is InChI=1S/C13H26N2S/c1-12(2)9-14-13(3,11-5-6-11)10-15(12)7-8-16-4/h11,14H,5-10H2,1-4H3. The van der Waals surface area contributed by atoms with Crippen LogP contribution in [0.5, 0.6) is 0 Å². The number of hydrogen-bond donors (Lipinski definition) is 1. The maximum Gasteiger partial charge on any atom is 0.0309 e. The SMILES string of the molecule is CSCCN1CC(C)(C2CC2)NCC1(C)C. The summed E-state index contributed by atoms with van der Waals surface area (Å²) in [5.74, 6) is 2.19. The molecule has 1 saturated carbocycles. The summed E-state index contributed by atoms with van der Waals surface area (Å²) in [4.78, 5) is 2.69. The number of hydrogen-bond acceptors (Lipinski definition) is 3. The third kappa shape index (κ3) is 2.57. The van der Waals surface area contributed by atoms with E-state index in [1.807, 2.05) is 11.8 Å². The van der Waals surface area contributed by atoms with E-state index in [1.54, 1.807) is 0 Å². The fraction of sp³-hybridized carbons (Fsp3) is 1.00. The van der Waals surface area contributed by atoms with E-state index in [1.165, 1.54) is 31.7 Å². The normalized spacial score (nSPS) is 35.2. The summed E-state index contributed by atoms with van der Waals surface area (Å²) >= 11 is 1.96. The molecule has 1 aliphatic heterocycles. The van der Waals surface area contributed by atoms with E-state index in [0.29, 0.717) is 11.1 Å². The van der Waals surface area contributed by atoms with Gasteiger partial charge in [-0.05, 0) is 45.8 Å². The molecule has 1 atom stereocenters. The molecule has 0 aromatic heterocycles. The first-order chi connectivity index (χ1) is 7.48. The molecular formula is C13H26N2S. The molecule has 1 heterocycles. The van der Waals surface area contributed by atoms with Gasteiger partial charge in [0.2, 0.25) is 0 Å². The van der Waals surface area contributed by atoms with Crippen LogP contribution in [0.3, 0.4) is 0 Å². The van der Waals surface area contributed by atoms with Crippen molar-refractivity contribution in [1.29, 1.82) is 0 Å². The quantitative estimate of drug-likeness (QED) is 0.814. The van der Waals surface area contributed by atoms with Crippen molar-refractivity contribution in [2.45, 2.75) is 44.7 Å². The van der Waals surface area contributed by atoms with Gasteiger partial charge in [-0.25, -0.2) is 0 Å². The molecule has 0 aromatic rings. The molecule has 2 rings (SSSR count). The predicted molar refractivity (Wildman–Crippen MR) is 73.2 cm³/mol. The summed E-state index contributed by atoms with van der Waals surface area (Å²) in [5.41, 5.74) is 0.706. The Morgan fingerprint density at radius 1 is 1.31 bits per heavy atom. The van der Waals surface area contributed by atoms with Gasteiger partial charge in [-0.2, -0.15) is 11.8 Å². The van der Waals surface area contributed by atoms with E-state index in [9.17, 15) is 0 Å². The number of nitrogens with one attached hydrogen (secondary N) is 1. The fourth-order valence-corrected chi connectivity index (χ4v) is 3.18. The first-order valence-corrected chi connectivity index (χ1v) is 7.86. The third-order valence-corrected chi connectivity index (χ3v) is 4.93. The number of piperazine rings is 1. The molecule has 2 fully saturated rings. The minimum absolute atomic E-state index is 0.324. The Hall–Kier alpha value is 0.270. The lowest BCUT2D eigenvalue weighted by atomic mass is 9.87. The molecule has 0 aromatic carbocycles. The van der Waals surface area contributed by atoms with Crippen molar-refractivity contribution in [3.05, 3.63) is 0 Å². The highest BCUT2D eigenvalue weighted by Gasteiger charge is 2.47. The van der Waals surface area contributed by atoms with Crippen LogP contribution in [-0.2, 0) is 0 Å². The Morgan fingerprint density at radius 2 is 2.00 bits per heavy atom. The van der Waals surface area contributed by atoms with E-state index in [4.69, 9.17) is 0 Å². The van der Waals surface area contributed by atoms with E-state index in [0.717, 1.165) is 12.5 Å². The molecule has 0 radical (unpaired) electrons. The zero-order chi connectivity index (χ0) is 11.8. The van der Waals surface area contributed by atoms with Crippen LogP contribution in [0.2, 0.25) is 0 Å². The zero-order valence-electron chi connectivity index (χ0n) is 11.2. The molecule has 2 nitrogen and oxygen atoms in total. The highest BCUT2D eigenvalue weighted by atomic mass is 32.2. The van der Waals surface area contributed by atoms with Gasteiger partial charge in [0.1, 0.15) is 0 Å². The van der Waals surface area contributed by atoms with E-state index >= 15 is 0 Å². The van der Waals surface area contributed by atoms with Gasteiger partial charge in [0.15, 0.2) is 0 Å². The number of thioether (sulfide) groups is 1. The summed E-state index contributed by atoms with van der Waals surface area (Å²) in [6, 6.07) is 0. The molecule has 94 valence electrons. The van der Waals surface area contributed by atoms with Crippen molar-refractivity contribution in [2.75, 3.05) is 31.6 Å². The molecule has 1 aliphatic carbocycles. The molecule has 16 heavy (non-hydrogen) atoms. The van der Waals surface area contributed by atoms with Gasteiger partial charge >= 0.3 is 0 Å². The first kappa shape index (κ1) is 12.7. The van der Waals surface area contributed by atoms with Gasteiger partial charge in [-0.15, -0.1) is 0 Å². The van der Waals surface area contributed by atoms with Crippen LogP contribution in [0.15, 0.2) is 0 Å². The van der Waals surface area contributed by atoms with Crippen molar-refractivity contribution in [2.24, 2.45) is 5.92 Å². The van der Waals surface area contributed by atoms with Crippen LogP contribution in [0.4, 0.5) is 0 Å². The summed E-state index contributed by atoms with van der Waals surface area (Å²) in [6.45, 7) is 10.8. The average molecular weight is 242 g/mol. The van der Waals surface area contributed by atoms with Crippen LogP contribution in [-0.4, -0.2) is 47.6 Å². The largest absolute Gasteiger partial charge is 0.308 e. The Morgan fingerprint density at radius 3 is 2.56 bits per heavy atom. The minimum Gasteiger partial charge on any atom is -0.308 e. The van der Waals surface area contributed by atoms with Crippen molar-refractivity contribution in [1.82, 2.24) is 10.2 Å². The second kappa shape index (κ2) is 4.51. The molecule has 1 saturated heterocycles. The van der Waals surface area contributed by atoms with Gasteiger partial charge in [0, 0.05) is 36.5 Å². The Bertz CT molecular complexity index is 250. The van der Waals surface area contributed by atoms with Crippen molar-refractivity contribution in [3.8, 4) is 0 Å². The smallest absolute Gasteiger partial charge is 0.0309 e. The van der Waals surface area contributed by atoms with Crippen LogP contribution >= 0.6 is 11.8 Å². The fourth-order valence-electron chi connectivity index (χ4n) is 2.77. The third-order valence-electron chi connectivity index (χ3n) is 4.34. The van der Waals surface area contributed by atoms with Gasteiger partial charge in [-0.1, -0.05) is 0 Å². The van der Waals surface area contributed by atoms with Crippen LogP contribution in [0.25, 0.3) is 0 Å². The van der Waals surface area contributed by atoms with Gasteiger partial charge in [-0.3, -0.25) is 4.90 Å². The highest BCUT2D eigenvalue weighted by Crippen LogP contribution is 2.42. The lowest BCUT2D eigenvalue weighted by molar-refractivity contribution is 0.0297. The molecule has 2 aliphatic rings. The van der Waals surface area contributed by atoms with Crippen molar-refractivity contribution >= 4 is 11.8 Å². The molecule has 1 N–H and O–H groups in total. The molecule has 0 spiro atoms. The molecule has 1 unspecified atom stereocenters. The van der Waals surface area contributed by atoms with E-state index in [2.05, 4.69) is 37.2 Å². The lowest BCUT2D eigenvalue weighted by Crippen LogP contribution is -2.68. The first-order valence-electron chi connectivity index (χ1n) is 6.47. The van der Waals surface area contributed by atoms with Gasteiger partial charge in [0.25, 0.3) is 0 Å². The molecule has 0 amide bonds. The summed E-state index contributed by atoms with van der Waals surface area (Å²) < 4.78 is 0. The van der Waals surface area contributed by atoms with Gasteiger partial charge < -0.3 is 5.32 Å². The van der Waals surface area contributed by atoms with Crippen molar-refractivity contribution < 1.29 is 0 Å². The zero-order valence-corrected chi connectivity index (χ0v) is 12.0. The Labute approximate surface area is 105 Å². The number of nitrogens with zero attached hydrogens (tertiary/aromatic N) is 1. The molecule has 0 bridgehead atoms. The van der Waals surface area contributed by atoms with Gasteiger partial charge in [0.05, 0.1) is 0 Å². The van der Waals surface area contributed by atoms with Crippen LogP contribution in [0.1, 0.15) is 33.6 Å². The van der Waals surface area contributed by atoms with E-state index in [-0.39, 0.29) is 0 Å². The summed E-state index contributed by atoms with van der Waals surface area (Å²) in [7, 11) is 0. The maximum atomic E-state index is 3.81. The summed E-state index contributed by atoms with van der Waals surface area (Å²) in [5, 5.41) is 3.81. The Kier molecular flexibility index (Phi) is 3.58. The number of rotatable bonds is 4. The minimum atomic E-state index is 0.324. The van der Waals surface area contributed by atoms with Crippen molar-refractivity contribution in [3.63, 3.8) is 0 Å². The average Bonchev–Trinajstić information content (AvgIpc) is 3.04. The summed E-state index contributed by atoms with van der Waals surface area (Å²) in [6.07, 6.45) is 5.07. The second-order valence-corrected chi connectivity index (χ2v) is 7.26. The lowest BCUT2D eigenvalue weighted by Gasteiger charge is -2.51. The predicted octanol–water partition coefficient (Wildman–Crippen LogP) is 2.20. The topological polar surface area (TPSA) is 15.3 Å². The highest BCUT2D eigenvalue weighted by molar-refractivity contribution is 7.98. The van der Waals surface area contributed by atoms with E-state index < -0.39 is 0 Å². The molecule has 3 heteroatoms. The van der Waals surface area contributed by atoms with Crippen LogP contribution in [0, 0.1) is 5.92 Å². The molecular weight excluding hydrogens is 216 g/mol. The monoisotopic (exact) mass is 242 g/mol. The Balaban J connectivity index is 2.00. The second-order valence-electron chi connectivity index (χ2n) is 6.27.